The van der Waals surface area contributed by atoms with Gasteiger partial charge in [0.1, 0.15) is 0 Å². The first-order valence-corrected chi connectivity index (χ1v) is 9.79. The zero-order chi connectivity index (χ0) is 20.7. The van der Waals surface area contributed by atoms with E-state index < -0.39 is 5.41 Å². The molecule has 2 aliphatic heterocycles. The second kappa shape index (κ2) is 9.57. The van der Waals surface area contributed by atoms with E-state index >= 15 is 0 Å². The Kier molecular flexibility index (Phi) is 7.43. The molecule has 2 fully saturated rings. The van der Waals surface area contributed by atoms with Crippen LogP contribution < -0.4 is 5.32 Å². The number of piperidine rings is 2. The van der Waals surface area contributed by atoms with Crippen LogP contribution in [0, 0.1) is 12.3 Å². The van der Waals surface area contributed by atoms with E-state index in [1.54, 1.807) is 0 Å². The van der Waals surface area contributed by atoms with E-state index in [-0.39, 0.29) is 24.5 Å². The van der Waals surface area contributed by atoms with Gasteiger partial charge in [0.2, 0.25) is 5.91 Å². The molecule has 0 aliphatic carbocycles. The predicted octanol–water partition coefficient (Wildman–Crippen LogP) is 2.63. The summed E-state index contributed by atoms with van der Waals surface area (Å²) in [6.45, 7) is 5.91. The van der Waals surface area contributed by atoms with Crippen LogP contribution in [0.4, 0.5) is 4.79 Å². The lowest BCUT2D eigenvalue weighted by Crippen LogP contribution is -2.62. The van der Waals surface area contributed by atoms with Gasteiger partial charge in [-0.3, -0.25) is 9.59 Å². The number of nitrogens with zero attached hydrogens (tertiary/aromatic N) is 2. The number of carbonyl (C=O) groups is 3. The van der Waals surface area contributed by atoms with Crippen molar-refractivity contribution in [1.29, 1.82) is 0 Å². The number of aryl methyl sites for hydroxylation is 1. The van der Waals surface area contributed by atoms with E-state index in [0.29, 0.717) is 6.54 Å². The van der Waals surface area contributed by atoms with Gasteiger partial charge in [0, 0.05) is 32.7 Å². The van der Waals surface area contributed by atoms with Crippen molar-refractivity contribution in [3.8, 4) is 0 Å². The van der Waals surface area contributed by atoms with Crippen LogP contribution in [0.25, 0.3) is 0 Å². The van der Waals surface area contributed by atoms with Crippen molar-refractivity contribution in [2.24, 2.45) is 5.41 Å². The molecule has 28 heavy (non-hydrogen) atoms. The Balaban J connectivity index is 0.000000878. The van der Waals surface area contributed by atoms with Crippen molar-refractivity contribution in [3.63, 3.8) is 0 Å². The molecule has 2 N–H and O–H groups in total. The minimum absolute atomic E-state index is 0.0606. The average molecular weight is 389 g/mol. The molecule has 2 atom stereocenters. The van der Waals surface area contributed by atoms with Crippen LogP contribution in [0.1, 0.15) is 43.7 Å². The number of amides is 3. The van der Waals surface area contributed by atoms with Gasteiger partial charge in [-0.2, -0.15) is 0 Å². The summed E-state index contributed by atoms with van der Waals surface area (Å²) in [5.74, 6) is 0.210. The molecule has 1 aromatic carbocycles. The van der Waals surface area contributed by atoms with E-state index in [1.165, 1.54) is 5.56 Å². The van der Waals surface area contributed by atoms with Crippen molar-refractivity contribution in [2.45, 2.75) is 52.1 Å². The Labute approximate surface area is 166 Å². The molecule has 2 heterocycles. The van der Waals surface area contributed by atoms with Crippen LogP contribution in [-0.4, -0.2) is 59.5 Å². The fourth-order valence-corrected chi connectivity index (χ4v) is 4.37. The fourth-order valence-electron chi connectivity index (χ4n) is 4.37. The summed E-state index contributed by atoms with van der Waals surface area (Å²) in [6.07, 6.45) is 3.69. The molecule has 1 aromatic rings. The van der Waals surface area contributed by atoms with Crippen molar-refractivity contribution in [2.75, 3.05) is 20.1 Å². The number of benzene rings is 1. The number of hydrogen-bond acceptors (Lipinski definition) is 3. The van der Waals surface area contributed by atoms with Gasteiger partial charge in [0.15, 0.2) is 0 Å². The van der Waals surface area contributed by atoms with Gasteiger partial charge in [-0.1, -0.05) is 29.8 Å². The number of nitrogens with one attached hydrogen (secondary N) is 1. The standard InChI is InChI=1S/C20H29N3O2.CH2O2/c1-15-6-8-17(9-7-15)14-21-19(25)23-13-5-11-20(16(23)2)10-4-12-22(3)18(20)24;2-1-3/h6-9,16H,4-5,10-14H2,1-3H3,(H,21,25);1H,(H,2,3)/t16-,20-;/m0./s1. The Morgan fingerprint density at radius 3 is 2.43 bits per heavy atom. The summed E-state index contributed by atoms with van der Waals surface area (Å²) < 4.78 is 0. The van der Waals surface area contributed by atoms with E-state index in [2.05, 4.69) is 24.4 Å². The highest BCUT2D eigenvalue weighted by Gasteiger charge is 2.51. The topological polar surface area (TPSA) is 90.0 Å². The SMILES string of the molecule is Cc1ccc(CNC(=O)N2CCC[C@@]3(CCCN(C)C3=O)[C@@H]2C)cc1.O=CO. The molecule has 3 rings (SSSR count). The molecular weight excluding hydrogens is 358 g/mol. The van der Waals surface area contributed by atoms with Crippen molar-refractivity contribution in [1.82, 2.24) is 15.1 Å². The van der Waals surface area contributed by atoms with E-state index in [4.69, 9.17) is 9.90 Å². The summed E-state index contributed by atoms with van der Waals surface area (Å²) in [7, 11) is 1.88. The second-order valence-corrected chi connectivity index (χ2v) is 7.71. The van der Waals surface area contributed by atoms with Crippen molar-refractivity contribution < 1.29 is 19.5 Å². The summed E-state index contributed by atoms with van der Waals surface area (Å²) in [5, 5.41) is 9.92. The molecule has 0 bridgehead atoms. The van der Waals surface area contributed by atoms with E-state index in [0.717, 1.165) is 44.3 Å². The highest BCUT2D eigenvalue weighted by Crippen LogP contribution is 2.43. The minimum atomic E-state index is -0.396. The molecular formula is C21H31N3O4. The van der Waals surface area contributed by atoms with Crippen LogP contribution in [-0.2, 0) is 16.1 Å². The summed E-state index contributed by atoms with van der Waals surface area (Å²) in [6, 6.07) is 8.06. The number of hydrogen-bond donors (Lipinski definition) is 2. The van der Waals surface area contributed by atoms with Gasteiger partial charge in [-0.15, -0.1) is 0 Å². The van der Waals surface area contributed by atoms with Crippen molar-refractivity contribution in [3.05, 3.63) is 35.4 Å². The summed E-state index contributed by atoms with van der Waals surface area (Å²) in [4.78, 5) is 37.7. The molecule has 7 nitrogen and oxygen atoms in total. The predicted molar refractivity (Wildman–Crippen MR) is 107 cm³/mol. The molecule has 1 spiro atoms. The molecule has 0 unspecified atom stereocenters. The van der Waals surface area contributed by atoms with Crippen LogP contribution >= 0.6 is 0 Å². The molecule has 3 amide bonds. The van der Waals surface area contributed by atoms with Gasteiger partial charge in [-0.05, 0) is 45.1 Å². The zero-order valence-corrected chi connectivity index (χ0v) is 17.0. The average Bonchev–Trinajstić information content (AvgIpc) is 2.68. The minimum Gasteiger partial charge on any atom is -0.483 e. The first kappa shape index (κ1) is 21.7. The van der Waals surface area contributed by atoms with Gasteiger partial charge in [-0.25, -0.2) is 4.79 Å². The van der Waals surface area contributed by atoms with Gasteiger partial charge in [0.05, 0.1) is 5.41 Å². The Hall–Kier alpha value is -2.57. The Morgan fingerprint density at radius 1 is 1.25 bits per heavy atom. The van der Waals surface area contributed by atoms with Crippen LogP contribution in [0.2, 0.25) is 0 Å². The summed E-state index contributed by atoms with van der Waals surface area (Å²) in [5.41, 5.74) is 1.90. The molecule has 0 aromatic heterocycles. The molecule has 7 heteroatoms. The third-order valence-corrected chi connectivity index (χ3v) is 6.00. The quantitative estimate of drug-likeness (QED) is 0.761. The third-order valence-electron chi connectivity index (χ3n) is 6.00. The number of carboxylic acid groups (broad SMARTS) is 1. The van der Waals surface area contributed by atoms with Gasteiger partial charge < -0.3 is 20.2 Å². The lowest BCUT2D eigenvalue weighted by molar-refractivity contribution is -0.151. The maximum atomic E-state index is 12.9. The number of carbonyl (C=O) groups excluding carboxylic acids is 2. The lowest BCUT2D eigenvalue weighted by atomic mass is 9.68. The molecule has 154 valence electrons. The van der Waals surface area contributed by atoms with Crippen LogP contribution in [0.5, 0.6) is 0 Å². The van der Waals surface area contributed by atoms with E-state index in [9.17, 15) is 9.59 Å². The number of urea groups is 1. The van der Waals surface area contributed by atoms with Gasteiger partial charge >= 0.3 is 6.03 Å². The Morgan fingerprint density at radius 2 is 1.82 bits per heavy atom. The number of rotatable bonds is 2. The fraction of sp³-hybridized carbons (Fsp3) is 0.571. The second-order valence-electron chi connectivity index (χ2n) is 7.71. The smallest absolute Gasteiger partial charge is 0.317 e. The third kappa shape index (κ3) is 4.64. The molecule has 0 saturated carbocycles. The highest BCUT2D eigenvalue weighted by atomic mass is 16.3. The Bertz CT molecular complexity index is 687. The van der Waals surface area contributed by atoms with E-state index in [1.807, 2.05) is 35.9 Å². The highest BCUT2D eigenvalue weighted by molar-refractivity contribution is 5.85. The number of likely N-dealkylation sites (tertiary alicyclic amines) is 2. The molecule has 2 aliphatic rings. The van der Waals surface area contributed by atoms with Crippen LogP contribution in [0.3, 0.4) is 0 Å². The zero-order valence-electron chi connectivity index (χ0n) is 17.0. The maximum absolute atomic E-state index is 12.9. The molecule has 2 saturated heterocycles. The largest absolute Gasteiger partial charge is 0.483 e. The molecule has 0 radical (unpaired) electrons. The van der Waals surface area contributed by atoms with Crippen molar-refractivity contribution >= 4 is 18.4 Å². The maximum Gasteiger partial charge on any atom is 0.317 e. The lowest BCUT2D eigenvalue weighted by Gasteiger charge is -2.51. The monoisotopic (exact) mass is 389 g/mol. The van der Waals surface area contributed by atoms with Crippen LogP contribution in [0.15, 0.2) is 24.3 Å². The normalized spacial score (nSPS) is 24.4. The first-order chi connectivity index (χ1) is 13.4. The first-order valence-electron chi connectivity index (χ1n) is 9.79. The summed E-state index contributed by atoms with van der Waals surface area (Å²) >= 11 is 0. The van der Waals surface area contributed by atoms with Gasteiger partial charge in [0.25, 0.3) is 6.47 Å².